The van der Waals surface area contributed by atoms with Crippen molar-refractivity contribution >= 4 is 33.2 Å². The van der Waals surface area contributed by atoms with E-state index >= 15 is 0 Å². The number of aromatic nitrogens is 1. The first-order chi connectivity index (χ1) is 12.4. The monoisotopic (exact) mass is 400 g/mol. The molecule has 0 spiro atoms. The molecule has 1 aromatic carbocycles. The largest absolute Gasteiger partial charge is 0.393 e. The van der Waals surface area contributed by atoms with Gasteiger partial charge in [-0.3, -0.25) is 9.59 Å². The zero-order valence-corrected chi connectivity index (χ0v) is 16.6. The lowest BCUT2D eigenvalue weighted by atomic mass is 9.87. The van der Waals surface area contributed by atoms with Crippen LogP contribution in [0.5, 0.6) is 0 Å². The Morgan fingerprint density at radius 1 is 1.22 bits per heavy atom. The fraction of sp³-hybridized carbons (Fsp3) is 0.526. The maximum Gasteiger partial charge on any atom is 0.393 e. The third-order valence-corrected chi connectivity index (χ3v) is 5.53. The van der Waals surface area contributed by atoms with Gasteiger partial charge in [0.15, 0.2) is 5.78 Å². The van der Waals surface area contributed by atoms with Crippen LogP contribution in [-0.4, -0.2) is 41.3 Å². The molecule has 4 nitrogen and oxygen atoms in total. The number of benzene rings is 1. The van der Waals surface area contributed by atoms with E-state index < -0.39 is 17.5 Å². The Labute approximate surface area is 160 Å². The topological polar surface area (TPSA) is 50.3 Å². The van der Waals surface area contributed by atoms with Crippen LogP contribution >= 0.6 is 11.3 Å². The molecule has 1 heterocycles. The lowest BCUT2D eigenvalue weighted by molar-refractivity contribution is -0.214. The minimum atomic E-state index is -4.37. The zero-order valence-electron chi connectivity index (χ0n) is 15.8. The summed E-state index contributed by atoms with van der Waals surface area (Å²) in [5.74, 6) is -0.669. The number of Topliss-reactive ketones (excluding diaryl/α,β-unsaturated/α-hetero) is 1. The van der Waals surface area contributed by atoms with Gasteiger partial charge >= 0.3 is 6.18 Å². The van der Waals surface area contributed by atoms with Crippen LogP contribution < -0.4 is 0 Å². The SMILES string of the molecule is Cc1ccc2nc(CC(=O)CN(C)C(=O)CCC(C)(C)C(F)(F)F)sc2c1. The second-order valence-electron chi connectivity index (χ2n) is 7.43. The van der Waals surface area contributed by atoms with Gasteiger partial charge in [-0.25, -0.2) is 4.98 Å². The molecule has 0 atom stereocenters. The lowest BCUT2D eigenvalue weighted by Gasteiger charge is -2.28. The lowest BCUT2D eigenvalue weighted by Crippen LogP contribution is -2.36. The van der Waals surface area contributed by atoms with Gasteiger partial charge in [0.25, 0.3) is 0 Å². The van der Waals surface area contributed by atoms with Gasteiger partial charge in [-0.2, -0.15) is 13.2 Å². The number of aryl methyl sites for hydroxylation is 1. The van der Waals surface area contributed by atoms with E-state index in [2.05, 4.69) is 4.98 Å². The molecule has 0 unspecified atom stereocenters. The molecule has 8 heteroatoms. The number of alkyl halides is 3. The highest BCUT2D eigenvalue weighted by atomic mass is 32.1. The van der Waals surface area contributed by atoms with Crippen LogP contribution in [0.1, 0.15) is 37.3 Å². The van der Waals surface area contributed by atoms with Gasteiger partial charge < -0.3 is 4.90 Å². The van der Waals surface area contributed by atoms with Crippen molar-refractivity contribution in [3.63, 3.8) is 0 Å². The van der Waals surface area contributed by atoms with Crippen LogP contribution in [-0.2, 0) is 16.0 Å². The number of hydrogen-bond donors (Lipinski definition) is 0. The zero-order chi connectivity index (χ0) is 20.4. The average molecular weight is 400 g/mol. The van der Waals surface area contributed by atoms with Crippen LogP contribution in [0.3, 0.4) is 0 Å². The Morgan fingerprint density at radius 3 is 2.52 bits per heavy atom. The predicted molar refractivity (Wildman–Crippen MR) is 99.8 cm³/mol. The molecule has 0 fully saturated rings. The van der Waals surface area contributed by atoms with E-state index in [1.165, 1.54) is 23.3 Å². The van der Waals surface area contributed by atoms with Gasteiger partial charge in [0.1, 0.15) is 5.01 Å². The Bertz CT molecular complexity index is 843. The second-order valence-corrected chi connectivity index (χ2v) is 8.54. The third kappa shape index (κ3) is 5.51. The van der Waals surface area contributed by atoms with Gasteiger partial charge in [0.2, 0.25) is 5.91 Å². The highest BCUT2D eigenvalue weighted by Gasteiger charge is 2.46. The molecule has 1 aromatic heterocycles. The van der Waals surface area contributed by atoms with Crippen LogP contribution in [0.25, 0.3) is 10.2 Å². The molecule has 0 aliphatic carbocycles. The predicted octanol–water partition coefficient (Wildman–Crippen LogP) is 4.54. The van der Waals surface area contributed by atoms with E-state index in [4.69, 9.17) is 0 Å². The maximum atomic E-state index is 12.9. The quantitative estimate of drug-likeness (QED) is 0.685. The number of thiazole rings is 1. The summed E-state index contributed by atoms with van der Waals surface area (Å²) < 4.78 is 39.6. The molecular formula is C19H23F3N2O2S. The summed E-state index contributed by atoms with van der Waals surface area (Å²) in [6.45, 7) is 3.98. The summed E-state index contributed by atoms with van der Waals surface area (Å²) in [5.41, 5.74) is -0.00420. The summed E-state index contributed by atoms with van der Waals surface area (Å²) >= 11 is 1.43. The van der Waals surface area contributed by atoms with E-state index in [9.17, 15) is 22.8 Å². The van der Waals surface area contributed by atoms with Gasteiger partial charge in [-0.1, -0.05) is 19.9 Å². The minimum absolute atomic E-state index is 0.101. The Kier molecular flexibility index (Phi) is 6.29. The van der Waals surface area contributed by atoms with Gasteiger partial charge in [-0.05, 0) is 31.0 Å². The Hall–Kier alpha value is -1.96. The van der Waals surface area contributed by atoms with E-state index in [-0.39, 0.29) is 31.6 Å². The Morgan fingerprint density at radius 2 is 1.89 bits per heavy atom. The van der Waals surface area contributed by atoms with Crippen molar-refractivity contribution < 1.29 is 22.8 Å². The normalized spacial score (nSPS) is 12.4. The van der Waals surface area contributed by atoms with E-state index in [0.29, 0.717) is 5.01 Å². The van der Waals surface area contributed by atoms with Crippen molar-refractivity contribution in [2.24, 2.45) is 5.41 Å². The summed E-state index contributed by atoms with van der Waals surface area (Å²) in [5, 5.41) is 0.666. The molecule has 1 amide bonds. The van der Waals surface area contributed by atoms with Gasteiger partial charge in [-0.15, -0.1) is 11.3 Å². The molecule has 0 aliphatic heterocycles. The molecule has 0 radical (unpaired) electrons. The Balaban J connectivity index is 1.89. The number of carbonyl (C=O) groups is 2. The summed E-state index contributed by atoms with van der Waals surface area (Å²) in [6, 6.07) is 5.84. The van der Waals surface area contributed by atoms with Crippen LogP contribution in [0, 0.1) is 12.3 Å². The fourth-order valence-electron chi connectivity index (χ4n) is 2.48. The van der Waals surface area contributed by atoms with Gasteiger partial charge in [0.05, 0.1) is 28.6 Å². The fourth-order valence-corrected chi connectivity index (χ4v) is 3.58. The molecule has 2 aromatic rings. The molecule has 0 saturated heterocycles. The maximum absolute atomic E-state index is 12.9. The summed E-state index contributed by atoms with van der Waals surface area (Å²) in [7, 11) is 1.43. The van der Waals surface area contributed by atoms with Crippen LogP contribution in [0.2, 0.25) is 0 Å². The van der Waals surface area contributed by atoms with E-state index in [1.807, 2.05) is 25.1 Å². The molecular weight excluding hydrogens is 377 g/mol. The second kappa shape index (κ2) is 7.96. The van der Waals surface area contributed by atoms with Crippen LogP contribution in [0.15, 0.2) is 18.2 Å². The van der Waals surface area contributed by atoms with Crippen molar-refractivity contribution in [3.8, 4) is 0 Å². The van der Waals surface area contributed by atoms with Crippen LogP contribution in [0.4, 0.5) is 13.2 Å². The molecule has 148 valence electrons. The van der Waals surface area contributed by atoms with Crippen molar-refractivity contribution in [1.29, 1.82) is 0 Å². The number of hydrogen-bond acceptors (Lipinski definition) is 4. The third-order valence-electron chi connectivity index (χ3n) is 4.51. The average Bonchev–Trinajstić information content (AvgIpc) is 2.92. The number of halogens is 3. The molecule has 0 saturated carbocycles. The highest BCUT2D eigenvalue weighted by Crippen LogP contribution is 2.41. The number of likely N-dealkylation sites (N-methyl/N-ethyl adjacent to an activating group) is 1. The molecule has 0 aliphatic rings. The van der Waals surface area contributed by atoms with E-state index in [1.54, 1.807) is 0 Å². The molecule has 0 bridgehead atoms. The van der Waals surface area contributed by atoms with Crippen molar-refractivity contribution in [2.75, 3.05) is 13.6 Å². The molecule has 2 rings (SSSR count). The van der Waals surface area contributed by atoms with E-state index in [0.717, 1.165) is 29.6 Å². The number of rotatable bonds is 7. The molecule has 0 N–H and O–H groups in total. The smallest absolute Gasteiger partial charge is 0.338 e. The highest BCUT2D eigenvalue weighted by molar-refractivity contribution is 7.18. The van der Waals surface area contributed by atoms with Crippen molar-refractivity contribution in [3.05, 3.63) is 28.8 Å². The van der Waals surface area contributed by atoms with Gasteiger partial charge in [0, 0.05) is 13.5 Å². The summed E-state index contributed by atoms with van der Waals surface area (Å²) in [6.07, 6.45) is -4.83. The first-order valence-electron chi connectivity index (χ1n) is 8.57. The van der Waals surface area contributed by atoms with Crippen molar-refractivity contribution in [1.82, 2.24) is 9.88 Å². The number of amides is 1. The standard InChI is InChI=1S/C19H23F3N2O2S/c1-12-5-6-14-15(9-12)27-16(23-14)10-13(25)11-24(4)17(26)7-8-18(2,3)19(20,21)22/h5-6,9H,7-8,10-11H2,1-4H3. The first-order valence-corrected chi connectivity index (χ1v) is 9.39. The molecule has 27 heavy (non-hydrogen) atoms. The minimum Gasteiger partial charge on any atom is -0.338 e. The number of fused-ring (bicyclic) bond motifs is 1. The number of ketones is 1. The number of nitrogens with zero attached hydrogens (tertiary/aromatic N) is 2. The first kappa shape index (κ1) is 21.3. The van der Waals surface area contributed by atoms with Crippen molar-refractivity contribution in [2.45, 2.75) is 46.2 Å². The summed E-state index contributed by atoms with van der Waals surface area (Å²) in [4.78, 5) is 29.9. The number of carbonyl (C=O) groups excluding carboxylic acids is 2.